The molecule has 2 aromatic rings. The number of hydrogen-bond donors (Lipinski definition) is 1. The lowest BCUT2D eigenvalue weighted by Gasteiger charge is -2.08. The number of carbonyl (C=O) groups is 1. The highest BCUT2D eigenvalue weighted by molar-refractivity contribution is 6.16. The number of amides is 1. The Kier molecular flexibility index (Phi) is 4.15. The lowest BCUT2D eigenvalue weighted by molar-refractivity contribution is -0.121. The predicted molar refractivity (Wildman–Crippen MR) is 84.4 cm³/mol. The zero-order valence-corrected chi connectivity index (χ0v) is 13.0. The average Bonchev–Trinajstić information content (AvgIpc) is 3.19. The first kappa shape index (κ1) is 14.4. The molecule has 0 atom stereocenters. The van der Waals surface area contributed by atoms with Crippen molar-refractivity contribution in [2.24, 2.45) is 0 Å². The van der Waals surface area contributed by atoms with Crippen LogP contribution in [0, 0.1) is 6.92 Å². The van der Waals surface area contributed by atoms with Crippen LogP contribution in [0.4, 0.5) is 0 Å². The number of para-hydroxylation sites is 1. The number of halogens is 1. The van der Waals surface area contributed by atoms with Gasteiger partial charge >= 0.3 is 0 Å². The van der Waals surface area contributed by atoms with Gasteiger partial charge in [-0.3, -0.25) is 4.79 Å². The highest BCUT2D eigenvalue weighted by atomic mass is 35.5. The molecule has 21 heavy (non-hydrogen) atoms. The van der Waals surface area contributed by atoms with E-state index in [0.29, 0.717) is 18.3 Å². The molecule has 0 aliphatic heterocycles. The molecule has 112 valence electrons. The maximum Gasteiger partial charge on any atom is 0.220 e. The molecule has 4 nitrogen and oxygen atoms in total. The first-order valence-corrected chi connectivity index (χ1v) is 8.02. The van der Waals surface area contributed by atoms with Crippen LogP contribution < -0.4 is 5.32 Å². The molecule has 1 aliphatic carbocycles. The van der Waals surface area contributed by atoms with Crippen LogP contribution >= 0.6 is 11.6 Å². The molecule has 0 radical (unpaired) electrons. The van der Waals surface area contributed by atoms with Gasteiger partial charge in [0.25, 0.3) is 0 Å². The number of nitrogens with one attached hydrogen (secondary N) is 1. The van der Waals surface area contributed by atoms with Crippen LogP contribution in [-0.4, -0.2) is 21.5 Å². The van der Waals surface area contributed by atoms with E-state index in [1.165, 1.54) is 0 Å². The summed E-state index contributed by atoms with van der Waals surface area (Å²) in [6, 6.07) is 6.59. The molecule has 1 N–H and O–H groups in total. The average molecular weight is 306 g/mol. The standard InChI is InChI=1S/C16H20ClN3O/c1-11-4-2-5-13-16(11)19-14(10-17)20(13)9-3-6-15(21)18-12-7-8-12/h2,4-5,12H,3,6-10H2,1H3,(H,18,21). The van der Waals surface area contributed by atoms with Crippen molar-refractivity contribution >= 4 is 28.5 Å². The molecule has 1 saturated carbocycles. The third-order valence-electron chi connectivity index (χ3n) is 3.91. The predicted octanol–water partition coefficient (Wildman–Crippen LogP) is 3.14. The Morgan fingerprint density at radius 2 is 2.29 bits per heavy atom. The van der Waals surface area contributed by atoms with E-state index in [2.05, 4.69) is 33.9 Å². The number of benzene rings is 1. The molecule has 0 unspecified atom stereocenters. The van der Waals surface area contributed by atoms with Gasteiger partial charge in [0.15, 0.2) is 0 Å². The van der Waals surface area contributed by atoms with Crippen molar-refractivity contribution in [2.75, 3.05) is 0 Å². The van der Waals surface area contributed by atoms with Crippen molar-refractivity contribution in [3.63, 3.8) is 0 Å². The second-order valence-corrected chi connectivity index (χ2v) is 5.97. The van der Waals surface area contributed by atoms with Crippen molar-refractivity contribution in [1.29, 1.82) is 0 Å². The Morgan fingerprint density at radius 3 is 3.00 bits per heavy atom. The maximum atomic E-state index is 11.7. The van der Waals surface area contributed by atoms with Crippen LogP contribution in [0.2, 0.25) is 0 Å². The lowest BCUT2D eigenvalue weighted by Crippen LogP contribution is -2.25. The number of carbonyl (C=O) groups excluding carboxylic acids is 1. The van der Waals surface area contributed by atoms with Crippen LogP contribution in [0.1, 0.15) is 37.1 Å². The van der Waals surface area contributed by atoms with E-state index < -0.39 is 0 Å². The summed E-state index contributed by atoms with van der Waals surface area (Å²) in [5, 5.41) is 3.02. The topological polar surface area (TPSA) is 46.9 Å². The maximum absolute atomic E-state index is 11.7. The van der Waals surface area contributed by atoms with Gasteiger partial charge in [-0.05, 0) is 37.8 Å². The van der Waals surface area contributed by atoms with Gasteiger partial charge in [-0.1, -0.05) is 12.1 Å². The van der Waals surface area contributed by atoms with Crippen LogP contribution in [0.3, 0.4) is 0 Å². The number of nitrogens with zero attached hydrogens (tertiary/aromatic N) is 2. The molecule has 1 aromatic carbocycles. The monoisotopic (exact) mass is 305 g/mol. The van der Waals surface area contributed by atoms with Gasteiger partial charge in [0.2, 0.25) is 5.91 Å². The Labute approximate surface area is 129 Å². The van der Waals surface area contributed by atoms with E-state index in [1.807, 2.05) is 6.07 Å². The summed E-state index contributed by atoms with van der Waals surface area (Å²) < 4.78 is 2.14. The second-order valence-electron chi connectivity index (χ2n) is 5.70. The van der Waals surface area contributed by atoms with Gasteiger partial charge in [0.05, 0.1) is 16.9 Å². The minimum atomic E-state index is 0.158. The van der Waals surface area contributed by atoms with E-state index in [9.17, 15) is 4.79 Å². The quantitative estimate of drug-likeness (QED) is 0.833. The van der Waals surface area contributed by atoms with E-state index in [1.54, 1.807) is 0 Å². The molecular formula is C16H20ClN3O. The summed E-state index contributed by atoms with van der Waals surface area (Å²) in [5.41, 5.74) is 3.27. The minimum Gasteiger partial charge on any atom is -0.353 e. The zero-order chi connectivity index (χ0) is 14.8. The van der Waals surface area contributed by atoms with Gasteiger partial charge in [0.1, 0.15) is 5.82 Å². The van der Waals surface area contributed by atoms with E-state index in [4.69, 9.17) is 11.6 Å². The summed E-state index contributed by atoms with van der Waals surface area (Å²) in [6.07, 6.45) is 3.63. The van der Waals surface area contributed by atoms with Gasteiger partial charge < -0.3 is 9.88 Å². The number of aromatic nitrogens is 2. The summed E-state index contributed by atoms with van der Waals surface area (Å²) in [7, 11) is 0. The molecule has 3 rings (SSSR count). The molecule has 1 aromatic heterocycles. The van der Waals surface area contributed by atoms with Crippen LogP contribution in [0.25, 0.3) is 11.0 Å². The molecule has 1 heterocycles. The first-order valence-electron chi connectivity index (χ1n) is 7.49. The van der Waals surface area contributed by atoms with E-state index in [0.717, 1.165) is 48.2 Å². The molecule has 5 heteroatoms. The van der Waals surface area contributed by atoms with E-state index in [-0.39, 0.29) is 5.91 Å². The van der Waals surface area contributed by atoms with Crippen molar-refractivity contribution in [3.05, 3.63) is 29.6 Å². The Hall–Kier alpha value is -1.55. The number of rotatable bonds is 6. The molecule has 1 fully saturated rings. The number of fused-ring (bicyclic) bond motifs is 1. The molecule has 0 bridgehead atoms. The van der Waals surface area contributed by atoms with Gasteiger partial charge in [-0.2, -0.15) is 0 Å². The first-order chi connectivity index (χ1) is 10.2. The third kappa shape index (κ3) is 3.21. The lowest BCUT2D eigenvalue weighted by atomic mass is 10.2. The molecule has 1 aliphatic rings. The van der Waals surface area contributed by atoms with Gasteiger partial charge in [-0.25, -0.2) is 4.98 Å². The fraction of sp³-hybridized carbons (Fsp3) is 0.500. The van der Waals surface area contributed by atoms with Crippen molar-refractivity contribution in [2.45, 2.75) is 51.1 Å². The smallest absolute Gasteiger partial charge is 0.220 e. The Morgan fingerprint density at radius 1 is 1.48 bits per heavy atom. The largest absolute Gasteiger partial charge is 0.353 e. The van der Waals surface area contributed by atoms with Crippen LogP contribution in [0.5, 0.6) is 0 Å². The number of hydrogen-bond acceptors (Lipinski definition) is 2. The summed E-state index contributed by atoms with van der Waals surface area (Å²) >= 11 is 6.01. The molecular weight excluding hydrogens is 286 g/mol. The zero-order valence-electron chi connectivity index (χ0n) is 12.2. The summed E-state index contributed by atoms with van der Waals surface area (Å²) in [6.45, 7) is 2.83. The van der Waals surface area contributed by atoms with Crippen molar-refractivity contribution in [1.82, 2.24) is 14.9 Å². The van der Waals surface area contributed by atoms with Gasteiger partial charge in [0, 0.05) is 19.0 Å². The minimum absolute atomic E-state index is 0.158. The second kappa shape index (κ2) is 6.06. The number of imidazole rings is 1. The summed E-state index contributed by atoms with van der Waals surface area (Å²) in [5.74, 6) is 1.43. The fourth-order valence-corrected chi connectivity index (χ4v) is 2.82. The SMILES string of the molecule is Cc1cccc2c1nc(CCl)n2CCCC(=O)NC1CC1. The van der Waals surface area contributed by atoms with Crippen LogP contribution in [0.15, 0.2) is 18.2 Å². The fourth-order valence-electron chi connectivity index (χ4n) is 2.61. The Balaban J connectivity index is 1.70. The highest BCUT2D eigenvalue weighted by Gasteiger charge is 2.22. The van der Waals surface area contributed by atoms with Crippen LogP contribution in [-0.2, 0) is 17.2 Å². The van der Waals surface area contributed by atoms with Crippen molar-refractivity contribution < 1.29 is 4.79 Å². The Bertz CT molecular complexity index is 661. The number of alkyl halides is 1. The molecule has 0 saturated heterocycles. The molecule has 0 spiro atoms. The third-order valence-corrected chi connectivity index (χ3v) is 4.15. The number of aryl methyl sites for hydroxylation is 2. The summed E-state index contributed by atoms with van der Waals surface area (Å²) in [4.78, 5) is 16.3. The van der Waals surface area contributed by atoms with E-state index >= 15 is 0 Å². The van der Waals surface area contributed by atoms with Gasteiger partial charge in [-0.15, -0.1) is 11.6 Å². The highest BCUT2D eigenvalue weighted by Crippen LogP contribution is 2.22. The van der Waals surface area contributed by atoms with Crippen molar-refractivity contribution in [3.8, 4) is 0 Å². The molecule has 1 amide bonds. The normalized spacial score (nSPS) is 14.6.